The molecule has 19 heavy (non-hydrogen) atoms. The summed E-state index contributed by atoms with van der Waals surface area (Å²) in [5.74, 6) is -0.0581. The molecule has 1 heterocycles. The molecular formula is C14H24N2O3. The average Bonchev–Trinajstić information content (AvgIpc) is 2.87. The highest BCUT2D eigenvalue weighted by Crippen LogP contribution is 2.10. The molecule has 0 saturated carbocycles. The Bertz CT molecular complexity index is 363. The summed E-state index contributed by atoms with van der Waals surface area (Å²) in [4.78, 5) is 11.3. The molecule has 0 bridgehead atoms. The van der Waals surface area contributed by atoms with Crippen molar-refractivity contribution in [3.63, 3.8) is 0 Å². The Labute approximate surface area is 114 Å². The van der Waals surface area contributed by atoms with Gasteiger partial charge in [0.25, 0.3) is 0 Å². The van der Waals surface area contributed by atoms with Crippen molar-refractivity contribution in [2.75, 3.05) is 6.61 Å². The molecule has 0 N–H and O–H groups in total. The van der Waals surface area contributed by atoms with E-state index in [-0.39, 0.29) is 5.89 Å². The first-order valence-electron chi connectivity index (χ1n) is 7.27. The van der Waals surface area contributed by atoms with Crippen LogP contribution >= 0.6 is 0 Å². The van der Waals surface area contributed by atoms with Gasteiger partial charge in [0.05, 0.1) is 6.61 Å². The van der Waals surface area contributed by atoms with Crippen LogP contribution in [0.4, 0.5) is 0 Å². The summed E-state index contributed by atoms with van der Waals surface area (Å²) in [5, 5.41) is 7.53. The second-order valence-corrected chi connectivity index (χ2v) is 4.59. The highest BCUT2D eigenvalue weighted by molar-refractivity contribution is 5.83. The van der Waals surface area contributed by atoms with Crippen LogP contribution in [0.1, 0.15) is 75.4 Å². The number of aryl methyl sites for hydroxylation is 1. The Morgan fingerprint density at radius 2 is 1.74 bits per heavy atom. The minimum absolute atomic E-state index is 0.0419. The molecule has 5 heteroatoms. The number of carbonyl (C=O) groups excluding carboxylic acids is 1. The van der Waals surface area contributed by atoms with Crippen molar-refractivity contribution >= 4 is 5.97 Å². The monoisotopic (exact) mass is 268 g/mol. The van der Waals surface area contributed by atoms with Crippen LogP contribution in [0.2, 0.25) is 0 Å². The maximum absolute atomic E-state index is 11.3. The van der Waals surface area contributed by atoms with Gasteiger partial charge in [-0.3, -0.25) is 0 Å². The molecule has 0 radical (unpaired) electrons. The first-order valence-corrected chi connectivity index (χ1v) is 7.27. The average molecular weight is 268 g/mol. The van der Waals surface area contributed by atoms with E-state index >= 15 is 0 Å². The van der Waals surface area contributed by atoms with Gasteiger partial charge < -0.3 is 9.15 Å². The molecule has 0 atom stereocenters. The lowest BCUT2D eigenvalue weighted by Crippen LogP contribution is -2.04. The Hall–Kier alpha value is -1.39. The third-order valence-corrected chi connectivity index (χ3v) is 2.91. The van der Waals surface area contributed by atoms with Crippen LogP contribution in [0.5, 0.6) is 0 Å². The summed E-state index contributed by atoms with van der Waals surface area (Å²) in [7, 11) is 0. The van der Waals surface area contributed by atoms with E-state index in [2.05, 4.69) is 17.1 Å². The van der Waals surface area contributed by atoms with Gasteiger partial charge in [0.2, 0.25) is 5.89 Å². The van der Waals surface area contributed by atoms with E-state index < -0.39 is 5.97 Å². The van der Waals surface area contributed by atoms with E-state index in [1.807, 2.05) is 0 Å². The molecule has 1 rings (SSSR count). The first-order chi connectivity index (χ1) is 9.27. The molecule has 0 aromatic carbocycles. The SMILES string of the molecule is CCCCCCCCCc1nnc(C(=O)OCC)o1. The van der Waals surface area contributed by atoms with Crippen molar-refractivity contribution in [1.29, 1.82) is 0 Å². The van der Waals surface area contributed by atoms with Gasteiger partial charge in [-0.2, -0.15) is 0 Å². The smallest absolute Gasteiger partial charge is 0.396 e. The summed E-state index contributed by atoms with van der Waals surface area (Å²) in [6, 6.07) is 0. The normalized spacial score (nSPS) is 10.6. The number of unbranched alkanes of at least 4 members (excludes halogenated alkanes) is 6. The van der Waals surface area contributed by atoms with Crippen LogP contribution in [0.15, 0.2) is 4.42 Å². The number of ether oxygens (including phenoxy) is 1. The minimum atomic E-state index is -0.541. The van der Waals surface area contributed by atoms with Crippen molar-refractivity contribution in [1.82, 2.24) is 10.2 Å². The van der Waals surface area contributed by atoms with Gasteiger partial charge in [-0.05, 0) is 13.3 Å². The predicted molar refractivity (Wildman–Crippen MR) is 72.0 cm³/mol. The van der Waals surface area contributed by atoms with E-state index in [4.69, 9.17) is 9.15 Å². The third-order valence-electron chi connectivity index (χ3n) is 2.91. The zero-order chi connectivity index (χ0) is 13.9. The van der Waals surface area contributed by atoms with E-state index in [1.165, 1.54) is 38.5 Å². The Morgan fingerprint density at radius 1 is 1.05 bits per heavy atom. The van der Waals surface area contributed by atoms with Crippen LogP contribution in [0.25, 0.3) is 0 Å². The number of esters is 1. The van der Waals surface area contributed by atoms with Crippen molar-refractivity contribution in [2.24, 2.45) is 0 Å². The van der Waals surface area contributed by atoms with Gasteiger partial charge in [0.1, 0.15) is 0 Å². The van der Waals surface area contributed by atoms with Crippen molar-refractivity contribution < 1.29 is 13.9 Å². The Balaban J connectivity index is 2.14. The molecule has 0 amide bonds. The molecule has 5 nitrogen and oxygen atoms in total. The van der Waals surface area contributed by atoms with E-state index in [1.54, 1.807) is 6.92 Å². The lowest BCUT2D eigenvalue weighted by atomic mass is 10.1. The molecular weight excluding hydrogens is 244 g/mol. The lowest BCUT2D eigenvalue weighted by Gasteiger charge is -1.99. The van der Waals surface area contributed by atoms with Gasteiger partial charge >= 0.3 is 11.9 Å². The van der Waals surface area contributed by atoms with Crippen LogP contribution in [0.3, 0.4) is 0 Å². The third kappa shape index (κ3) is 6.36. The molecule has 108 valence electrons. The number of hydrogen-bond acceptors (Lipinski definition) is 5. The van der Waals surface area contributed by atoms with Gasteiger partial charge in [-0.25, -0.2) is 4.79 Å². The molecule has 0 unspecified atom stereocenters. The second-order valence-electron chi connectivity index (χ2n) is 4.59. The Kier molecular flexibility index (Phi) is 7.86. The Morgan fingerprint density at radius 3 is 2.42 bits per heavy atom. The largest absolute Gasteiger partial charge is 0.459 e. The van der Waals surface area contributed by atoms with Gasteiger partial charge in [0.15, 0.2) is 0 Å². The summed E-state index contributed by atoms with van der Waals surface area (Å²) in [6.45, 7) is 4.28. The maximum atomic E-state index is 11.3. The lowest BCUT2D eigenvalue weighted by molar-refractivity contribution is 0.0478. The van der Waals surface area contributed by atoms with Gasteiger partial charge in [0, 0.05) is 6.42 Å². The summed E-state index contributed by atoms with van der Waals surface area (Å²) in [6.07, 6.45) is 9.40. The summed E-state index contributed by atoms with van der Waals surface area (Å²) >= 11 is 0. The van der Waals surface area contributed by atoms with Crippen LogP contribution < -0.4 is 0 Å². The van der Waals surface area contributed by atoms with Crippen molar-refractivity contribution in [3.8, 4) is 0 Å². The first kappa shape index (κ1) is 15.7. The predicted octanol–water partition coefficient (Wildman–Crippen LogP) is 3.54. The molecule has 1 aromatic heterocycles. The fourth-order valence-electron chi connectivity index (χ4n) is 1.86. The fourth-order valence-corrected chi connectivity index (χ4v) is 1.86. The second kappa shape index (κ2) is 9.53. The molecule has 0 aliphatic carbocycles. The molecule has 0 aliphatic heterocycles. The standard InChI is InChI=1S/C14H24N2O3/c1-3-5-6-7-8-9-10-11-12-15-16-13(19-12)14(17)18-4-2/h3-11H2,1-2H3. The summed E-state index contributed by atoms with van der Waals surface area (Å²) in [5.41, 5.74) is 0. The number of carbonyl (C=O) groups is 1. The van der Waals surface area contributed by atoms with Crippen molar-refractivity contribution in [2.45, 2.75) is 65.2 Å². The number of nitrogens with zero attached hydrogens (tertiary/aromatic N) is 2. The molecule has 0 fully saturated rings. The minimum Gasteiger partial charge on any atom is -0.459 e. The molecule has 1 aromatic rings. The quantitative estimate of drug-likeness (QED) is 0.479. The number of rotatable bonds is 10. The number of aromatic nitrogens is 2. The van der Waals surface area contributed by atoms with Crippen LogP contribution in [-0.2, 0) is 11.2 Å². The zero-order valence-corrected chi connectivity index (χ0v) is 12.0. The topological polar surface area (TPSA) is 65.2 Å². The van der Waals surface area contributed by atoms with Crippen molar-refractivity contribution in [3.05, 3.63) is 11.8 Å². The van der Waals surface area contributed by atoms with E-state index in [0.717, 1.165) is 12.8 Å². The van der Waals surface area contributed by atoms with Crippen LogP contribution in [0, 0.1) is 0 Å². The van der Waals surface area contributed by atoms with Gasteiger partial charge in [-0.15, -0.1) is 10.2 Å². The number of hydrogen-bond donors (Lipinski definition) is 0. The molecule has 0 saturated heterocycles. The zero-order valence-electron chi connectivity index (χ0n) is 12.0. The van der Waals surface area contributed by atoms with Gasteiger partial charge in [-0.1, -0.05) is 45.4 Å². The van der Waals surface area contributed by atoms with E-state index in [0.29, 0.717) is 12.5 Å². The van der Waals surface area contributed by atoms with E-state index in [9.17, 15) is 4.79 Å². The highest BCUT2D eigenvalue weighted by atomic mass is 16.5. The highest BCUT2D eigenvalue weighted by Gasteiger charge is 2.15. The van der Waals surface area contributed by atoms with Crippen LogP contribution in [-0.4, -0.2) is 22.8 Å². The molecule has 0 spiro atoms. The summed E-state index contributed by atoms with van der Waals surface area (Å²) < 4.78 is 10.0. The maximum Gasteiger partial charge on any atom is 0.396 e. The fraction of sp³-hybridized carbons (Fsp3) is 0.786. The molecule has 0 aliphatic rings.